The first-order valence-corrected chi connectivity index (χ1v) is 5.33. The number of alkyl halides is 4. The molecule has 0 aliphatic heterocycles. The lowest BCUT2D eigenvalue weighted by Crippen LogP contribution is -2.38. The number of carbonyl (C=O) groups excluding carboxylic acids is 1. The molecule has 0 rings (SSSR count). The van der Waals surface area contributed by atoms with Crippen LogP contribution < -0.4 is 5.32 Å². The lowest BCUT2D eigenvalue weighted by atomic mass is 10.2. The van der Waals surface area contributed by atoms with E-state index in [1.54, 1.807) is 0 Å². The molecule has 7 heteroatoms. The largest absolute Gasteiger partial charge is 0.389 e. The molecule has 0 heterocycles. The molecule has 0 saturated carbocycles. The van der Waals surface area contributed by atoms with Gasteiger partial charge in [-0.05, 0) is 6.42 Å². The molecular formula is C9H15ClF3NO2. The molecule has 0 aromatic carbocycles. The summed E-state index contributed by atoms with van der Waals surface area (Å²) in [4.78, 5) is 11.1. The van der Waals surface area contributed by atoms with Crippen molar-refractivity contribution in [2.75, 3.05) is 19.6 Å². The number of nitrogens with one attached hydrogen (secondary N) is 1. The first-order valence-electron chi connectivity index (χ1n) is 4.80. The molecule has 1 amide bonds. The van der Waals surface area contributed by atoms with Crippen LogP contribution in [0.2, 0.25) is 0 Å². The Labute approximate surface area is 97.3 Å². The average Bonchev–Trinajstić information content (AvgIpc) is 2.14. The van der Waals surface area contributed by atoms with Crippen molar-refractivity contribution in [2.45, 2.75) is 31.5 Å². The van der Waals surface area contributed by atoms with Crippen LogP contribution in [0.15, 0.2) is 0 Å². The first kappa shape index (κ1) is 15.5. The number of halogens is 4. The van der Waals surface area contributed by atoms with Gasteiger partial charge in [-0.3, -0.25) is 4.79 Å². The highest BCUT2D eigenvalue weighted by Crippen LogP contribution is 2.21. The number of rotatable bonds is 7. The number of hydrogen-bond donors (Lipinski definition) is 1. The van der Waals surface area contributed by atoms with Crippen LogP contribution in [0.4, 0.5) is 13.2 Å². The topological polar surface area (TPSA) is 38.3 Å². The second kappa shape index (κ2) is 7.73. The van der Waals surface area contributed by atoms with Gasteiger partial charge >= 0.3 is 6.18 Å². The fraction of sp³-hybridized carbons (Fsp3) is 0.889. The van der Waals surface area contributed by atoms with Crippen LogP contribution >= 0.6 is 11.6 Å². The predicted octanol–water partition coefficient (Wildman–Crippen LogP) is 2.09. The van der Waals surface area contributed by atoms with Crippen molar-refractivity contribution >= 4 is 17.5 Å². The summed E-state index contributed by atoms with van der Waals surface area (Å²) < 4.78 is 40.3. The van der Waals surface area contributed by atoms with E-state index in [1.807, 2.05) is 0 Å². The third kappa shape index (κ3) is 8.79. The Morgan fingerprint density at radius 1 is 1.50 bits per heavy atom. The van der Waals surface area contributed by atoms with Crippen molar-refractivity contribution in [2.24, 2.45) is 0 Å². The molecule has 1 unspecified atom stereocenters. The van der Waals surface area contributed by atoms with Gasteiger partial charge in [-0.15, -0.1) is 11.6 Å². The van der Waals surface area contributed by atoms with Gasteiger partial charge in [0, 0.05) is 19.4 Å². The molecule has 0 aliphatic carbocycles. The van der Waals surface area contributed by atoms with Crippen molar-refractivity contribution in [1.82, 2.24) is 5.32 Å². The fourth-order valence-electron chi connectivity index (χ4n) is 1.09. The van der Waals surface area contributed by atoms with Gasteiger partial charge in [-0.2, -0.15) is 13.2 Å². The maximum atomic E-state index is 11.8. The third-order valence-corrected chi connectivity index (χ3v) is 2.04. The van der Waals surface area contributed by atoms with E-state index < -0.39 is 24.9 Å². The van der Waals surface area contributed by atoms with Crippen LogP contribution in [0.1, 0.15) is 19.3 Å². The summed E-state index contributed by atoms with van der Waals surface area (Å²) in [5.74, 6) is -0.322. The number of amides is 1. The fourth-order valence-corrected chi connectivity index (χ4v) is 1.35. The Balaban J connectivity index is 3.90. The van der Waals surface area contributed by atoms with Gasteiger partial charge in [-0.1, -0.05) is 0 Å². The Kier molecular flexibility index (Phi) is 7.49. The van der Waals surface area contributed by atoms with E-state index in [1.165, 1.54) is 7.11 Å². The van der Waals surface area contributed by atoms with Crippen LogP contribution in [-0.4, -0.2) is 37.7 Å². The van der Waals surface area contributed by atoms with Crippen LogP contribution in [0.5, 0.6) is 0 Å². The Morgan fingerprint density at radius 2 is 2.12 bits per heavy atom. The zero-order valence-corrected chi connectivity index (χ0v) is 9.70. The van der Waals surface area contributed by atoms with Crippen LogP contribution in [0.3, 0.4) is 0 Å². The van der Waals surface area contributed by atoms with Gasteiger partial charge < -0.3 is 10.1 Å². The highest BCUT2D eigenvalue weighted by atomic mass is 35.5. The lowest BCUT2D eigenvalue weighted by Gasteiger charge is -2.16. The summed E-state index contributed by atoms with van der Waals surface area (Å²) in [6.07, 6.45) is -5.51. The monoisotopic (exact) mass is 261 g/mol. The number of hydrogen-bond acceptors (Lipinski definition) is 2. The number of methoxy groups -OCH3 is 1. The van der Waals surface area contributed by atoms with Gasteiger partial charge in [0.25, 0.3) is 0 Å². The summed E-state index contributed by atoms with van der Waals surface area (Å²) in [7, 11) is 1.45. The predicted molar refractivity (Wildman–Crippen MR) is 54.4 cm³/mol. The molecular weight excluding hydrogens is 247 g/mol. The molecule has 96 valence electrons. The van der Waals surface area contributed by atoms with Gasteiger partial charge in [0.05, 0.1) is 19.1 Å². The normalized spacial score (nSPS) is 13.6. The maximum Gasteiger partial charge on any atom is 0.389 e. The molecule has 0 fully saturated rings. The maximum absolute atomic E-state index is 11.8. The Hall–Kier alpha value is -0.490. The van der Waals surface area contributed by atoms with E-state index in [-0.39, 0.29) is 12.6 Å². The van der Waals surface area contributed by atoms with Crippen LogP contribution in [0.25, 0.3) is 0 Å². The van der Waals surface area contributed by atoms with Gasteiger partial charge in [0.1, 0.15) is 0 Å². The molecule has 0 saturated heterocycles. The average molecular weight is 262 g/mol. The Bertz CT molecular complexity index is 205. The summed E-state index contributed by atoms with van der Waals surface area (Å²) in [6, 6.07) is -0.330. The van der Waals surface area contributed by atoms with Gasteiger partial charge in [-0.25, -0.2) is 0 Å². The third-order valence-electron chi connectivity index (χ3n) is 1.83. The van der Waals surface area contributed by atoms with Crippen LogP contribution in [0, 0.1) is 0 Å². The zero-order chi connectivity index (χ0) is 12.6. The van der Waals surface area contributed by atoms with Crippen molar-refractivity contribution < 1.29 is 22.7 Å². The van der Waals surface area contributed by atoms with E-state index in [9.17, 15) is 18.0 Å². The molecule has 0 aromatic rings. The summed E-state index contributed by atoms with van der Waals surface area (Å²) in [5.41, 5.74) is 0. The second-order valence-corrected chi connectivity index (χ2v) is 3.69. The first-order chi connectivity index (χ1) is 7.39. The van der Waals surface area contributed by atoms with E-state index in [0.29, 0.717) is 12.3 Å². The summed E-state index contributed by atoms with van der Waals surface area (Å²) in [5, 5.41) is 2.44. The summed E-state index contributed by atoms with van der Waals surface area (Å²) in [6.45, 7) is 0.241. The molecule has 0 spiro atoms. The van der Waals surface area contributed by atoms with Crippen molar-refractivity contribution in [3.05, 3.63) is 0 Å². The smallest absolute Gasteiger partial charge is 0.383 e. The number of carbonyl (C=O) groups is 1. The van der Waals surface area contributed by atoms with Crippen molar-refractivity contribution in [3.63, 3.8) is 0 Å². The van der Waals surface area contributed by atoms with E-state index >= 15 is 0 Å². The molecule has 0 bridgehead atoms. The molecule has 0 aliphatic rings. The lowest BCUT2D eigenvalue weighted by molar-refractivity contribution is -0.144. The quantitative estimate of drug-likeness (QED) is 0.713. The minimum Gasteiger partial charge on any atom is -0.383 e. The highest BCUT2D eigenvalue weighted by molar-refractivity contribution is 6.17. The minimum absolute atomic E-state index is 0.241. The standard InChI is InChI=1S/C9H15ClF3NO2/c1-16-6-7(3-5-10)14-8(15)2-4-9(11,12)13/h7H,2-6H2,1H3,(H,14,15). The van der Waals surface area contributed by atoms with E-state index in [0.717, 1.165) is 0 Å². The molecule has 3 nitrogen and oxygen atoms in total. The molecule has 1 N–H and O–H groups in total. The molecule has 1 atom stereocenters. The van der Waals surface area contributed by atoms with Gasteiger partial charge in [0.2, 0.25) is 5.91 Å². The molecule has 0 radical (unpaired) electrons. The Morgan fingerprint density at radius 3 is 2.56 bits per heavy atom. The SMILES string of the molecule is COCC(CCCl)NC(=O)CCC(F)(F)F. The zero-order valence-electron chi connectivity index (χ0n) is 8.94. The van der Waals surface area contributed by atoms with E-state index in [4.69, 9.17) is 16.3 Å². The van der Waals surface area contributed by atoms with Crippen LogP contribution in [-0.2, 0) is 9.53 Å². The second-order valence-electron chi connectivity index (χ2n) is 3.31. The number of ether oxygens (including phenoxy) is 1. The van der Waals surface area contributed by atoms with Gasteiger partial charge in [0.15, 0.2) is 0 Å². The summed E-state index contributed by atoms with van der Waals surface area (Å²) >= 11 is 5.48. The van der Waals surface area contributed by atoms with Crippen molar-refractivity contribution in [3.8, 4) is 0 Å². The molecule has 0 aromatic heterocycles. The minimum atomic E-state index is -4.30. The van der Waals surface area contributed by atoms with E-state index in [2.05, 4.69) is 5.32 Å². The van der Waals surface area contributed by atoms with Crippen molar-refractivity contribution in [1.29, 1.82) is 0 Å². The highest BCUT2D eigenvalue weighted by Gasteiger charge is 2.28. The molecule has 16 heavy (non-hydrogen) atoms.